The van der Waals surface area contributed by atoms with Gasteiger partial charge in [0.15, 0.2) is 0 Å². The number of alkyl halides is 1. The van der Waals surface area contributed by atoms with Crippen LogP contribution in [0.3, 0.4) is 0 Å². The molecule has 3 nitrogen and oxygen atoms in total. The molecule has 0 aliphatic carbocycles. The van der Waals surface area contributed by atoms with E-state index < -0.39 is 10.6 Å². The van der Waals surface area contributed by atoms with E-state index in [-0.39, 0.29) is 5.69 Å². The number of nitro benzene ring substituents is 1. The summed E-state index contributed by atoms with van der Waals surface area (Å²) in [6.07, 6.45) is 0. The molecule has 0 fully saturated rings. The molecule has 13 heavy (non-hydrogen) atoms. The number of halogens is 1. The lowest BCUT2D eigenvalue weighted by molar-refractivity contribution is -0.385. The zero-order valence-electron chi connectivity index (χ0n) is 7.45. The van der Waals surface area contributed by atoms with Crippen LogP contribution in [-0.2, 0) is 5.67 Å². The first-order valence-electron chi connectivity index (χ1n) is 3.85. The predicted octanol–water partition coefficient (Wildman–Crippen LogP) is 2.80. The van der Waals surface area contributed by atoms with Crippen molar-refractivity contribution in [3.8, 4) is 0 Å². The van der Waals surface area contributed by atoms with Crippen LogP contribution in [0, 0.1) is 10.1 Å². The third-order valence-corrected chi connectivity index (χ3v) is 1.74. The van der Waals surface area contributed by atoms with Gasteiger partial charge in [0.1, 0.15) is 5.67 Å². The molecule has 0 spiro atoms. The van der Waals surface area contributed by atoms with Gasteiger partial charge in [-0.15, -0.1) is 0 Å². The fourth-order valence-electron chi connectivity index (χ4n) is 0.989. The third-order valence-electron chi connectivity index (χ3n) is 1.74. The van der Waals surface area contributed by atoms with Crippen molar-refractivity contribution in [2.45, 2.75) is 19.5 Å². The van der Waals surface area contributed by atoms with E-state index in [4.69, 9.17) is 0 Å². The quantitative estimate of drug-likeness (QED) is 0.522. The van der Waals surface area contributed by atoms with Crippen molar-refractivity contribution in [2.75, 3.05) is 0 Å². The van der Waals surface area contributed by atoms with Gasteiger partial charge in [0, 0.05) is 12.1 Å². The third kappa shape index (κ3) is 2.24. The summed E-state index contributed by atoms with van der Waals surface area (Å²) in [5.74, 6) is 0. The Morgan fingerprint density at radius 1 is 1.46 bits per heavy atom. The van der Waals surface area contributed by atoms with Crippen LogP contribution >= 0.6 is 0 Å². The molecule has 4 heteroatoms. The van der Waals surface area contributed by atoms with Crippen LogP contribution in [0.25, 0.3) is 0 Å². The molecule has 1 rings (SSSR count). The van der Waals surface area contributed by atoms with Crippen molar-refractivity contribution in [3.63, 3.8) is 0 Å². The van der Waals surface area contributed by atoms with Gasteiger partial charge < -0.3 is 0 Å². The molecule has 0 aliphatic rings. The summed E-state index contributed by atoms with van der Waals surface area (Å²) in [6, 6.07) is 5.61. The van der Waals surface area contributed by atoms with Crippen LogP contribution in [0.1, 0.15) is 19.4 Å². The first-order valence-corrected chi connectivity index (χ1v) is 3.85. The highest BCUT2D eigenvalue weighted by Crippen LogP contribution is 2.26. The summed E-state index contributed by atoms with van der Waals surface area (Å²) in [5.41, 5.74) is -1.30. The number of hydrogen-bond acceptors (Lipinski definition) is 2. The summed E-state index contributed by atoms with van der Waals surface area (Å²) in [5, 5.41) is 10.4. The summed E-state index contributed by atoms with van der Waals surface area (Å²) in [7, 11) is 0. The molecule has 0 aromatic heterocycles. The molecule has 0 atom stereocenters. The van der Waals surface area contributed by atoms with Crippen LogP contribution in [-0.4, -0.2) is 4.92 Å². The van der Waals surface area contributed by atoms with Gasteiger partial charge in [-0.3, -0.25) is 10.1 Å². The minimum Gasteiger partial charge on any atom is -0.258 e. The van der Waals surface area contributed by atoms with Crippen molar-refractivity contribution < 1.29 is 9.31 Å². The Labute approximate surface area is 75.3 Å². The molecule has 0 N–H and O–H groups in total. The van der Waals surface area contributed by atoms with E-state index in [9.17, 15) is 14.5 Å². The highest BCUT2D eigenvalue weighted by Gasteiger charge is 2.20. The molecule has 0 radical (unpaired) electrons. The Balaban J connectivity index is 3.13. The molecular weight excluding hydrogens is 173 g/mol. The van der Waals surface area contributed by atoms with E-state index in [1.807, 2.05) is 0 Å². The Morgan fingerprint density at radius 3 is 2.54 bits per heavy atom. The summed E-state index contributed by atoms with van der Waals surface area (Å²) in [4.78, 5) is 9.83. The monoisotopic (exact) mass is 183 g/mol. The highest BCUT2D eigenvalue weighted by atomic mass is 19.1. The maximum absolute atomic E-state index is 13.3. The van der Waals surface area contributed by atoms with Gasteiger partial charge in [-0.05, 0) is 19.4 Å². The lowest BCUT2D eigenvalue weighted by Crippen LogP contribution is -2.08. The molecule has 0 amide bonds. The molecule has 0 aliphatic heterocycles. The lowest BCUT2D eigenvalue weighted by Gasteiger charge is -2.13. The number of benzene rings is 1. The molecule has 0 unspecified atom stereocenters. The molecule has 0 saturated carbocycles. The number of hydrogen-bond donors (Lipinski definition) is 0. The van der Waals surface area contributed by atoms with Crippen LogP contribution in [0.2, 0.25) is 0 Å². The smallest absolute Gasteiger partial charge is 0.258 e. The Hall–Kier alpha value is -1.45. The molecule has 0 bridgehead atoms. The van der Waals surface area contributed by atoms with Gasteiger partial charge in [-0.1, -0.05) is 12.1 Å². The Morgan fingerprint density at radius 2 is 2.08 bits per heavy atom. The van der Waals surface area contributed by atoms with E-state index in [0.29, 0.717) is 5.56 Å². The zero-order chi connectivity index (χ0) is 10.1. The van der Waals surface area contributed by atoms with E-state index >= 15 is 0 Å². The second kappa shape index (κ2) is 3.12. The van der Waals surface area contributed by atoms with Gasteiger partial charge in [-0.2, -0.15) is 0 Å². The first-order chi connectivity index (χ1) is 5.91. The average molecular weight is 183 g/mol. The molecule has 1 aromatic rings. The number of nitrogens with zero attached hydrogens (tertiary/aromatic N) is 1. The topological polar surface area (TPSA) is 43.1 Å². The van der Waals surface area contributed by atoms with E-state index in [0.717, 1.165) is 0 Å². The largest absolute Gasteiger partial charge is 0.269 e. The van der Waals surface area contributed by atoms with Crippen molar-refractivity contribution >= 4 is 5.69 Å². The number of nitro groups is 1. The molecular formula is C9H10FNO2. The fraction of sp³-hybridized carbons (Fsp3) is 0.333. The Bertz CT molecular complexity index is 331. The van der Waals surface area contributed by atoms with E-state index in [1.165, 1.54) is 38.1 Å². The molecule has 1 aromatic carbocycles. The van der Waals surface area contributed by atoms with E-state index in [1.54, 1.807) is 0 Å². The molecule has 0 saturated heterocycles. The second-order valence-corrected chi connectivity index (χ2v) is 3.28. The second-order valence-electron chi connectivity index (χ2n) is 3.28. The minimum absolute atomic E-state index is 0.0803. The maximum atomic E-state index is 13.3. The van der Waals surface area contributed by atoms with E-state index in [2.05, 4.69) is 0 Å². The summed E-state index contributed by atoms with van der Waals surface area (Å²) < 4.78 is 13.3. The number of non-ortho nitro benzene ring substituents is 1. The van der Waals surface area contributed by atoms with Crippen molar-refractivity contribution in [3.05, 3.63) is 39.9 Å². The van der Waals surface area contributed by atoms with Crippen LogP contribution in [0.4, 0.5) is 10.1 Å². The van der Waals surface area contributed by atoms with Crippen molar-refractivity contribution in [2.24, 2.45) is 0 Å². The van der Waals surface area contributed by atoms with Crippen LogP contribution in [0.15, 0.2) is 24.3 Å². The van der Waals surface area contributed by atoms with Crippen molar-refractivity contribution in [1.29, 1.82) is 0 Å². The van der Waals surface area contributed by atoms with Gasteiger partial charge in [0.25, 0.3) is 5.69 Å². The minimum atomic E-state index is -1.54. The lowest BCUT2D eigenvalue weighted by atomic mass is 10.00. The number of rotatable bonds is 2. The first kappa shape index (κ1) is 9.64. The van der Waals surface area contributed by atoms with Gasteiger partial charge in [0.2, 0.25) is 0 Å². The van der Waals surface area contributed by atoms with Gasteiger partial charge in [0.05, 0.1) is 4.92 Å². The summed E-state index contributed by atoms with van der Waals surface area (Å²) >= 11 is 0. The fourth-order valence-corrected chi connectivity index (χ4v) is 0.989. The standard InChI is InChI=1S/C9H10FNO2/c1-9(2,10)7-4-3-5-8(6-7)11(12)13/h3-6H,1-2H3. The van der Waals surface area contributed by atoms with Crippen molar-refractivity contribution in [1.82, 2.24) is 0 Å². The SMILES string of the molecule is CC(C)(F)c1cccc([N+](=O)[O-])c1. The Kier molecular flexibility index (Phi) is 2.32. The summed E-state index contributed by atoms with van der Waals surface area (Å²) in [6.45, 7) is 2.73. The predicted molar refractivity (Wildman–Crippen MR) is 47.2 cm³/mol. The van der Waals surface area contributed by atoms with Gasteiger partial charge in [-0.25, -0.2) is 4.39 Å². The van der Waals surface area contributed by atoms with Crippen LogP contribution < -0.4 is 0 Å². The average Bonchev–Trinajstić information content (AvgIpc) is 2.03. The normalized spacial score (nSPS) is 11.3. The molecule has 0 heterocycles. The molecule has 70 valence electrons. The maximum Gasteiger partial charge on any atom is 0.269 e. The zero-order valence-corrected chi connectivity index (χ0v) is 7.45. The highest BCUT2D eigenvalue weighted by molar-refractivity contribution is 5.36. The van der Waals surface area contributed by atoms with Crippen LogP contribution in [0.5, 0.6) is 0 Å². The van der Waals surface area contributed by atoms with Gasteiger partial charge >= 0.3 is 0 Å².